The lowest BCUT2D eigenvalue weighted by Crippen LogP contribution is -2.08. The van der Waals surface area contributed by atoms with Crippen LogP contribution >= 0.6 is 0 Å². The van der Waals surface area contributed by atoms with Gasteiger partial charge < -0.3 is 0 Å². The normalized spacial score (nSPS) is 32.2. The molecule has 0 saturated heterocycles. The predicted molar refractivity (Wildman–Crippen MR) is 45.8 cm³/mol. The van der Waals surface area contributed by atoms with Crippen LogP contribution in [0.1, 0.15) is 26.7 Å². The van der Waals surface area contributed by atoms with Crippen LogP contribution in [0.2, 0.25) is 0 Å². The van der Waals surface area contributed by atoms with Crippen molar-refractivity contribution < 1.29 is 0 Å². The van der Waals surface area contributed by atoms with E-state index in [9.17, 15) is 0 Å². The van der Waals surface area contributed by atoms with E-state index >= 15 is 0 Å². The zero-order valence-electron chi connectivity index (χ0n) is 6.93. The zero-order chi connectivity index (χ0) is 7.56. The molecule has 1 aliphatic carbocycles. The zero-order valence-corrected chi connectivity index (χ0v) is 6.93. The van der Waals surface area contributed by atoms with E-state index < -0.39 is 0 Å². The van der Waals surface area contributed by atoms with Gasteiger partial charge in [-0.2, -0.15) is 0 Å². The molecule has 0 aromatic rings. The van der Waals surface area contributed by atoms with Gasteiger partial charge in [0.2, 0.25) is 0 Å². The second kappa shape index (κ2) is 3.05. The minimum absolute atomic E-state index is 0.656. The minimum Gasteiger partial charge on any atom is -0.0995 e. The third-order valence-corrected chi connectivity index (χ3v) is 2.20. The van der Waals surface area contributed by atoms with Crippen molar-refractivity contribution in [2.24, 2.45) is 11.8 Å². The van der Waals surface area contributed by atoms with Crippen molar-refractivity contribution in [3.05, 3.63) is 24.3 Å². The first-order chi connectivity index (χ1) is 4.70. The van der Waals surface area contributed by atoms with E-state index in [4.69, 9.17) is 0 Å². The molecule has 0 heterocycles. The third kappa shape index (κ3) is 1.73. The van der Waals surface area contributed by atoms with Crippen molar-refractivity contribution >= 4 is 0 Å². The summed E-state index contributed by atoms with van der Waals surface area (Å²) >= 11 is 0. The van der Waals surface area contributed by atoms with Crippen LogP contribution in [0.4, 0.5) is 0 Å². The highest BCUT2D eigenvalue weighted by molar-refractivity contribution is 5.09. The SMILES string of the molecule is C=C(C)[C@@H]1C=CC[C@@H](C)C1. The summed E-state index contributed by atoms with van der Waals surface area (Å²) < 4.78 is 0. The van der Waals surface area contributed by atoms with Crippen molar-refractivity contribution in [2.75, 3.05) is 0 Å². The van der Waals surface area contributed by atoms with Gasteiger partial charge in [0.1, 0.15) is 0 Å². The van der Waals surface area contributed by atoms with Crippen LogP contribution in [0.3, 0.4) is 0 Å². The van der Waals surface area contributed by atoms with E-state index in [1.54, 1.807) is 0 Å². The molecule has 0 amide bonds. The molecule has 0 N–H and O–H groups in total. The molecule has 0 nitrogen and oxygen atoms in total. The summed E-state index contributed by atoms with van der Waals surface area (Å²) in [5.41, 5.74) is 1.31. The van der Waals surface area contributed by atoms with Crippen LogP contribution in [0.25, 0.3) is 0 Å². The maximum atomic E-state index is 3.96. The fourth-order valence-corrected chi connectivity index (χ4v) is 1.45. The number of rotatable bonds is 1. The third-order valence-electron chi connectivity index (χ3n) is 2.20. The summed E-state index contributed by atoms with van der Waals surface area (Å²) in [6.45, 7) is 8.39. The smallest absolute Gasteiger partial charge is 0.00261 e. The van der Waals surface area contributed by atoms with Crippen molar-refractivity contribution in [3.63, 3.8) is 0 Å². The number of hydrogen-bond donors (Lipinski definition) is 0. The monoisotopic (exact) mass is 136 g/mol. The second-order valence-electron chi connectivity index (χ2n) is 3.46. The lowest BCUT2D eigenvalue weighted by Gasteiger charge is -2.21. The van der Waals surface area contributed by atoms with E-state index in [1.807, 2.05) is 0 Å². The van der Waals surface area contributed by atoms with Gasteiger partial charge in [0, 0.05) is 0 Å². The Morgan fingerprint density at radius 3 is 2.70 bits per heavy atom. The summed E-state index contributed by atoms with van der Waals surface area (Å²) in [7, 11) is 0. The highest BCUT2D eigenvalue weighted by atomic mass is 14.2. The average molecular weight is 136 g/mol. The van der Waals surface area contributed by atoms with Crippen LogP contribution in [0.15, 0.2) is 24.3 Å². The molecule has 0 aromatic carbocycles. The van der Waals surface area contributed by atoms with E-state index in [1.165, 1.54) is 18.4 Å². The predicted octanol–water partition coefficient (Wildman–Crippen LogP) is 3.16. The van der Waals surface area contributed by atoms with Crippen molar-refractivity contribution in [1.29, 1.82) is 0 Å². The Bertz CT molecular complexity index is 153. The molecular formula is C10H16. The Balaban J connectivity index is 2.55. The minimum atomic E-state index is 0.656. The molecule has 0 radical (unpaired) electrons. The molecule has 0 aromatic heterocycles. The summed E-state index contributed by atoms with van der Waals surface area (Å²) in [6, 6.07) is 0. The first-order valence-electron chi connectivity index (χ1n) is 4.02. The number of allylic oxidation sites excluding steroid dienone is 3. The second-order valence-corrected chi connectivity index (χ2v) is 3.46. The highest BCUT2D eigenvalue weighted by Gasteiger charge is 2.13. The summed E-state index contributed by atoms with van der Waals surface area (Å²) in [4.78, 5) is 0. The summed E-state index contributed by atoms with van der Waals surface area (Å²) in [5, 5.41) is 0. The van der Waals surface area contributed by atoms with Gasteiger partial charge in [0.25, 0.3) is 0 Å². The number of hydrogen-bond acceptors (Lipinski definition) is 0. The van der Waals surface area contributed by atoms with Crippen LogP contribution in [0, 0.1) is 11.8 Å². The Kier molecular flexibility index (Phi) is 2.31. The van der Waals surface area contributed by atoms with E-state index in [-0.39, 0.29) is 0 Å². The first kappa shape index (κ1) is 7.59. The van der Waals surface area contributed by atoms with Gasteiger partial charge in [-0.05, 0) is 31.6 Å². The van der Waals surface area contributed by atoms with Crippen LogP contribution in [0.5, 0.6) is 0 Å². The molecular weight excluding hydrogens is 120 g/mol. The molecule has 0 spiro atoms. The van der Waals surface area contributed by atoms with Crippen molar-refractivity contribution in [1.82, 2.24) is 0 Å². The van der Waals surface area contributed by atoms with Crippen molar-refractivity contribution in [2.45, 2.75) is 26.7 Å². The average Bonchev–Trinajstić information content (AvgIpc) is 1.88. The van der Waals surface area contributed by atoms with E-state index in [2.05, 4.69) is 32.6 Å². The van der Waals surface area contributed by atoms with Gasteiger partial charge in [0.05, 0.1) is 0 Å². The van der Waals surface area contributed by atoms with Gasteiger partial charge in [0.15, 0.2) is 0 Å². The van der Waals surface area contributed by atoms with Gasteiger partial charge in [-0.1, -0.05) is 31.2 Å². The molecule has 1 aliphatic rings. The maximum absolute atomic E-state index is 3.96. The molecule has 0 unspecified atom stereocenters. The fourth-order valence-electron chi connectivity index (χ4n) is 1.45. The van der Waals surface area contributed by atoms with Gasteiger partial charge >= 0.3 is 0 Å². The van der Waals surface area contributed by atoms with Gasteiger partial charge in [-0.3, -0.25) is 0 Å². The standard InChI is InChI=1S/C10H16/c1-8(2)10-6-4-5-9(3)7-10/h4,6,9-10H,1,5,7H2,2-3H3/t9-,10-/m1/s1. The molecule has 1 rings (SSSR count). The molecule has 0 fully saturated rings. The quantitative estimate of drug-likeness (QED) is 0.486. The molecule has 2 atom stereocenters. The van der Waals surface area contributed by atoms with Crippen LogP contribution < -0.4 is 0 Å². The Hall–Kier alpha value is -0.520. The Morgan fingerprint density at radius 2 is 2.30 bits per heavy atom. The topological polar surface area (TPSA) is 0 Å². The Labute approximate surface area is 63.6 Å². The van der Waals surface area contributed by atoms with Gasteiger partial charge in [-0.25, -0.2) is 0 Å². The molecule has 0 saturated carbocycles. The van der Waals surface area contributed by atoms with E-state index in [0.29, 0.717) is 5.92 Å². The fraction of sp³-hybridized carbons (Fsp3) is 0.600. The van der Waals surface area contributed by atoms with E-state index in [0.717, 1.165) is 5.92 Å². The van der Waals surface area contributed by atoms with Gasteiger partial charge in [-0.15, -0.1) is 0 Å². The first-order valence-corrected chi connectivity index (χ1v) is 4.02. The van der Waals surface area contributed by atoms with Crippen molar-refractivity contribution in [3.8, 4) is 0 Å². The molecule has 0 aliphatic heterocycles. The summed E-state index contributed by atoms with van der Waals surface area (Å²) in [5.74, 6) is 1.51. The molecule has 10 heavy (non-hydrogen) atoms. The van der Waals surface area contributed by atoms with Crippen LogP contribution in [-0.2, 0) is 0 Å². The largest absolute Gasteiger partial charge is 0.0995 e. The molecule has 56 valence electrons. The summed E-state index contributed by atoms with van der Waals surface area (Å²) in [6.07, 6.45) is 7.13. The molecule has 0 bridgehead atoms. The Morgan fingerprint density at radius 1 is 1.60 bits per heavy atom. The lowest BCUT2D eigenvalue weighted by molar-refractivity contribution is 0.462. The highest BCUT2D eigenvalue weighted by Crippen LogP contribution is 2.26. The lowest BCUT2D eigenvalue weighted by atomic mass is 9.84. The molecule has 0 heteroatoms. The maximum Gasteiger partial charge on any atom is -0.00261 e. The van der Waals surface area contributed by atoms with Crippen LogP contribution in [-0.4, -0.2) is 0 Å².